The molecular formula is C26H35N7O2S. The molecule has 4 rings (SSSR count). The summed E-state index contributed by atoms with van der Waals surface area (Å²) in [5, 5.41) is 3.21. The highest BCUT2D eigenvalue weighted by Crippen LogP contribution is 2.31. The van der Waals surface area contributed by atoms with Crippen molar-refractivity contribution in [3.8, 4) is 0 Å². The van der Waals surface area contributed by atoms with Crippen LogP contribution in [0.3, 0.4) is 0 Å². The first-order valence-electron chi connectivity index (χ1n) is 12.3. The van der Waals surface area contributed by atoms with Crippen molar-refractivity contribution in [2.45, 2.75) is 32.6 Å². The molecule has 0 saturated carbocycles. The predicted octanol–water partition coefficient (Wildman–Crippen LogP) is 3.78. The third kappa shape index (κ3) is 5.10. The summed E-state index contributed by atoms with van der Waals surface area (Å²) in [5.41, 5.74) is 11.5. The van der Waals surface area contributed by atoms with Gasteiger partial charge in [0.25, 0.3) is 0 Å². The Morgan fingerprint density at radius 3 is 2.22 bits per heavy atom. The molecule has 0 radical (unpaired) electrons. The van der Waals surface area contributed by atoms with Crippen LogP contribution in [0.4, 0.5) is 28.7 Å². The van der Waals surface area contributed by atoms with E-state index in [9.17, 15) is 8.42 Å². The van der Waals surface area contributed by atoms with Crippen LogP contribution in [0, 0.1) is 13.8 Å². The molecule has 0 amide bonds. The summed E-state index contributed by atoms with van der Waals surface area (Å²) < 4.78 is 26.9. The quantitative estimate of drug-likeness (QED) is 0.472. The molecule has 1 fully saturated rings. The Balaban J connectivity index is 1.46. The van der Waals surface area contributed by atoms with Crippen LogP contribution >= 0.6 is 0 Å². The van der Waals surface area contributed by atoms with E-state index in [1.54, 1.807) is 24.3 Å². The van der Waals surface area contributed by atoms with Crippen LogP contribution < -0.4 is 20.9 Å². The molecule has 36 heavy (non-hydrogen) atoms. The number of nitrogens with zero attached hydrogens (tertiary/aromatic N) is 5. The van der Waals surface area contributed by atoms with Crippen molar-refractivity contribution in [2.24, 2.45) is 0 Å². The average Bonchev–Trinajstić information content (AvgIpc) is 2.88. The Morgan fingerprint density at radius 1 is 0.944 bits per heavy atom. The second kappa shape index (κ2) is 10.7. The number of piperazine rings is 1. The van der Waals surface area contributed by atoms with E-state index in [4.69, 9.17) is 5.73 Å². The van der Waals surface area contributed by atoms with Gasteiger partial charge >= 0.3 is 0 Å². The fourth-order valence-electron chi connectivity index (χ4n) is 4.53. The fraction of sp³-hybridized carbons (Fsp3) is 0.385. The number of nitrogens with two attached hydrogens (primary N) is 1. The van der Waals surface area contributed by atoms with E-state index in [2.05, 4.69) is 57.1 Å². The highest BCUT2D eigenvalue weighted by atomic mass is 32.2. The number of nitrogens with one attached hydrogen (secondary N) is 1. The minimum Gasteiger partial charge on any atom is -0.393 e. The SMILES string of the molecule is CCN(CC)S(=O)(=O)c1ccc(Nc2ncnc(N3CCN(c4cccc(C)c4C)CC3)c2N)cc1. The molecule has 3 N–H and O–H groups in total. The first-order chi connectivity index (χ1) is 17.3. The standard InChI is InChI=1S/C26H35N7O2S/c1-5-33(6-2)36(34,35)22-12-10-21(11-13-22)30-25-24(27)26(29-18-28-25)32-16-14-31(15-17-32)23-9-7-8-19(3)20(23)4/h7-13,18H,5-6,14-17,27H2,1-4H3,(H,28,29,30). The summed E-state index contributed by atoms with van der Waals surface area (Å²) in [6.07, 6.45) is 1.50. The van der Waals surface area contributed by atoms with Gasteiger partial charge in [-0.2, -0.15) is 4.31 Å². The largest absolute Gasteiger partial charge is 0.393 e. The molecule has 192 valence electrons. The fourth-order valence-corrected chi connectivity index (χ4v) is 5.99. The number of hydrogen-bond donors (Lipinski definition) is 2. The number of benzene rings is 2. The van der Waals surface area contributed by atoms with Crippen LogP contribution in [0.25, 0.3) is 0 Å². The second-order valence-electron chi connectivity index (χ2n) is 8.89. The number of aromatic nitrogens is 2. The van der Waals surface area contributed by atoms with Gasteiger partial charge in [0.1, 0.15) is 12.0 Å². The minimum absolute atomic E-state index is 0.259. The van der Waals surface area contributed by atoms with Gasteiger partial charge in [0.05, 0.1) is 4.90 Å². The van der Waals surface area contributed by atoms with Gasteiger partial charge in [-0.3, -0.25) is 0 Å². The molecule has 2 heterocycles. The van der Waals surface area contributed by atoms with Gasteiger partial charge < -0.3 is 20.9 Å². The second-order valence-corrected chi connectivity index (χ2v) is 10.8. The Bertz CT molecular complexity index is 1300. The lowest BCUT2D eigenvalue weighted by atomic mass is 10.1. The number of rotatable bonds is 8. The average molecular weight is 510 g/mol. The van der Waals surface area contributed by atoms with E-state index >= 15 is 0 Å². The lowest BCUT2D eigenvalue weighted by Gasteiger charge is -2.38. The highest BCUT2D eigenvalue weighted by Gasteiger charge is 2.23. The molecule has 3 aromatic rings. The van der Waals surface area contributed by atoms with E-state index in [1.165, 1.54) is 27.4 Å². The van der Waals surface area contributed by atoms with Crippen molar-refractivity contribution in [1.82, 2.24) is 14.3 Å². The van der Waals surface area contributed by atoms with Gasteiger partial charge in [-0.15, -0.1) is 0 Å². The Hall–Kier alpha value is -3.37. The minimum atomic E-state index is -3.51. The molecule has 1 saturated heterocycles. The molecule has 1 aliphatic rings. The number of aryl methyl sites for hydroxylation is 1. The molecule has 0 atom stereocenters. The van der Waals surface area contributed by atoms with Gasteiger partial charge in [-0.05, 0) is 55.3 Å². The van der Waals surface area contributed by atoms with Gasteiger partial charge in [-0.25, -0.2) is 18.4 Å². The maximum absolute atomic E-state index is 12.7. The molecule has 0 aliphatic carbocycles. The van der Waals surface area contributed by atoms with Crippen LogP contribution in [-0.4, -0.2) is 62.0 Å². The summed E-state index contributed by atoms with van der Waals surface area (Å²) in [6.45, 7) is 12.2. The number of hydrogen-bond acceptors (Lipinski definition) is 8. The zero-order valence-electron chi connectivity index (χ0n) is 21.4. The van der Waals surface area contributed by atoms with Gasteiger partial charge in [0, 0.05) is 50.6 Å². The van der Waals surface area contributed by atoms with Gasteiger partial charge in [0.2, 0.25) is 10.0 Å². The van der Waals surface area contributed by atoms with E-state index in [0.29, 0.717) is 36.1 Å². The van der Waals surface area contributed by atoms with Crippen molar-refractivity contribution in [1.29, 1.82) is 0 Å². The Morgan fingerprint density at radius 2 is 1.58 bits per heavy atom. The third-order valence-corrected chi connectivity index (χ3v) is 8.88. The van der Waals surface area contributed by atoms with Crippen LogP contribution in [0.2, 0.25) is 0 Å². The molecule has 10 heteroatoms. The zero-order valence-corrected chi connectivity index (χ0v) is 22.2. The van der Waals surface area contributed by atoms with Gasteiger partial charge in [-0.1, -0.05) is 26.0 Å². The predicted molar refractivity (Wildman–Crippen MR) is 147 cm³/mol. The molecule has 0 spiro atoms. The topological polar surface area (TPSA) is 108 Å². The first kappa shape index (κ1) is 25.7. The van der Waals surface area contributed by atoms with Crippen LogP contribution in [-0.2, 0) is 10.0 Å². The van der Waals surface area contributed by atoms with E-state index in [-0.39, 0.29) is 4.90 Å². The molecule has 0 unspecified atom stereocenters. The first-order valence-corrected chi connectivity index (χ1v) is 13.7. The van der Waals surface area contributed by atoms with Crippen molar-refractivity contribution in [2.75, 3.05) is 60.1 Å². The van der Waals surface area contributed by atoms with Crippen molar-refractivity contribution >= 4 is 38.7 Å². The number of nitrogen functional groups attached to an aromatic ring is 1. The molecular weight excluding hydrogens is 474 g/mol. The summed E-state index contributed by atoms with van der Waals surface area (Å²) in [4.78, 5) is 13.6. The lowest BCUT2D eigenvalue weighted by molar-refractivity contribution is 0.445. The van der Waals surface area contributed by atoms with E-state index in [1.807, 2.05) is 13.8 Å². The maximum atomic E-state index is 12.7. The normalized spacial score (nSPS) is 14.4. The molecule has 1 aliphatic heterocycles. The Kier molecular flexibility index (Phi) is 7.65. The van der Waals surface area contributed by atoms with Crippen LogP contribution in [0.1, 0.15) is 25.0 Å². The summed E-state index contributed by atoms with van der Waals surface area (Å²) in [7, 11) is -3.51. The van der Waals surface area contributed by atoms with Crippen molar-refractivity contribution < 1.29 is 8.42 Å². The van der Waals surface area contributed by atoms with E-state index in [0.717, 1.165) is 26.2 Å². The molecule has 2 aromatic carbocycles. The van der Waals surface area contributed by atoms with Crippen molar-refractivity contribution in [3.05, 3.63) is 59.9 Å². The number of anilines is 5. The van der Waals surface area contributed by atoms with Gasteiger partial charge in [0.15, 0.2) is 11.6 Å². The van der Waals surface area contributed by atoms with Crippen LogP contribution in [0.15, 0.2) is 53.7 Å². The molecule has 9 nitrogen and oxygen atoms in total. The summed E-state index contributed by atoms with van der Waals surface area (Å²) >= 11 is 0. The monoisotopic (exact) mass is 509 g/mol. The number of sulfonamides is 1. The zero-order chi connectivity index (χ0) is 25.9. The Labute approximate surface area is 214 Å². The van der Waals surface area contributed by atoms with Crippen molar-refractivity contribution in [3.63, 3.8) is 0 Å². The van der Waals surface area contributed by atoms with E-state index < -0.39 is 10.0 Å². The maximum Gasteiger partial charge on any atom is 0.243 e. The lowest BCUT2D eigenvalue weighted by Crippen LogP contribution is -2.47. The smallest absolute Gasteiger partial charge is 0.243 e. The van der Waals surface area contributed by atoms with Crippen LogP contribution in [0.5, 0.6) is 0 Å². The summed E-state index contributed by atoms with van der Waals surface area (Å²) in [6, 6.07) is 13.1. The highest BCUT2D eigenvalue weighted by molar-refractivity contribution is 7.89. The molecule has 0 bridgehead atoms. The summed E-state index contributed by atoms with van der Waals surface area (Å²) in [5.74, 6) is 1.20. The molecule has 1 aromatic heterocycles. The third-order valence-electron chi connectivity index (χ3n) is 6.82.